The van der Waals surface area contributed by atoms with Crippen molar-refractivity contribution in [1.29, 1.82) is 0 Å². The van der Waals surface area contributed by atoms with Gasteiger partial charge in [0, 0.05) is 5.56 Å². The van der Waals surface area contributed by atoms with Crippen molar-refractivity contribution in [3.63, 3.8) is 0 Å². The predicted octanol–water partition coefficient (Wildman–Crippen LogP) is 3.99. The fourth-order valence-corrected chi connectivity index (χ4v) is 1.75. The van der Waals surface area contributed by atoms with Crippen LogP contribution in [0.1, 0.15) is 11.1 Å². The molecule has 0 N–H and O–H groups in total. The second-order valence-electron chi connectivity index (χ2n) is 4.42. The summed E-state index contributed by atoms with van der Waals surface area (Å²) in [5.74, 6) is -0.227. The van der Waals surface area contributed by atoms with Gasteiger partial charge in [-0.1, -0.05) is 17.3 Å². The van der Waals surface area contributed by atoms with Gasteiger partial charge >= 0.3 is 6.61 Å². The molecule has 0 aromatic heterocycles. The number of methoxy groups -OCH3 is 1. The van der Waals surface area contributed by atoms with E-state index >= 15 is 0 Å². The minimum Gasteiger partial charge on any atom is -0.493 e. The quantitative estimate of drug-likeness (QED) is 0.571. The van der Waals surface area contributed by atoms with E-state index in [1.165, 1.54) is 43.7 Å². The van der Waals surface area contributed by atoms with Crippen molar-refractivity contribution in [3.8, 4) is 11.5 Å². The average molecular weight is 325 g/mol. The fraction of sp³-hybridized carbons (Fsp3) is 0.188. The minimum atomic E-state index is -2.93. The van der Waals surface area contributed by atoms with Gasteiger partial charge in [0.15, 0.2) is 11.5 Å². The number of benzene rings is 2. The molecule has 0 aliphatic heterocycles. The Morgan fingerprint density at radius 1 is 1.09 bits per heavy atom. The number of hydrogen-bond donors (Lipinski definition) is 0. The predicted molar refractivity (Wildman–Crippen MR) is 78.4 cm³/mol. The lowest BCUT2D eigenvalue weighted by Gasteiger charge is -2.09. The maximum absolute atomic E-state index is 12.7. The van der Waals surface area contributed by atoms with Crippen LogP contribution in [-0.4, -0.2) is 19.9 Å². The Balaban J connectivity index is 1.95. The Hall–Kier alpha value is -2.70. The Labute approximate surface area is 131 Å². The number of alkyl halides is 2. The van der Waals surface area contributed by atoms with Crippen LogP contribution in [0.25, 0.3) is 0 Å². The Morgan fingerprint density at radius 3 is 2.48 bits per heavy atom. The van der Waals surface area contributed by atoms with Gasteiger partial charge in [-0.2, -0.15) is 8.78 Å². The van der Waals surface area contributed by atoms with Crippen molar-refractivity contribution in [1.82, 2.24) is 0 Å². The van der Waals surface area contributed by atoms with E-state index in [1.807, 2.05) is 0 Å². The standard InChI is InChI=1S/C16H14F3NO3/c1-21-15-8-12(4-7-14(15)23-16(18)19)9-20-22-10-11-2-5-13(17)6-3-11/h2-9,16H,10H2,1H3/b20-9+. The van der Waals surface area contributed by atoms with Gasteiger partial charge in [0.2, 0.25) is 0 Å². The molecule has 0 atom stereocenters. The zero-order valence-corrected chi connectivity index (χ0v) is 12.2. The number of oxime groups is 1. The highest BCUT2D eigenvalue weighted by molar-refractivity contribution is 5.80. The molecule has 0 spiro atoms. The third kappa shape index (κ3) is 5.21. The molecule has 0 saturated carbocycles. The van der Waals surface area contributed by atoms with Gasteiger partial charge < -0.3 is 14.3 Å². The van der Waals surface area contributed by atoms with E-state index in [0.717, 1.165) is 5.56 Å². The van der Waals surface area contributed by atoms with Crippen LogP contribution in [0.3, 0.4) is 0 Å². The lowest BCUT2D eigenvalue weighted by molar-refractivity contribution is -0.0512. The summed E-state index contributed by atoms with van der Waals surface area (Å²) in [6.07, 6.45) is 1.40. The maximum atomic E-state index is 12.7. The summed E-state index contributed by atoms with van der Waals surface area (Å²) in [4.78, 5) is 5.09. The van der Waals surface area contributed by atoms with Crippen LogP contribution in [0.2, 0.25) is 0 Å². The average Bonchev–Trinajstić information content (AvgIpc) is 2.54. The molecule has 0 fully saturated rings. The van der Waals surface area contributed by atoms with Crippen LogP contribution in [0.5, 0.6) is 11.5 Å². The maximum Gasteiger partial charge on any atom is 0.387 e. The molecular formula is C16H14F3NO3. The molecule has 2 aromatic rings. The van der Waals surface area contributed by atoms with E-state index < -0.39 is 6.61 Å². The van der Waals surface area contributed by atoms with E-state index in [-0.39, 0.29) is 23.9 Å². The highest BCUT2D eigenvalue weighted by Crippen LogP contribution is 2.28. The number of rotatable bonds is 7. The molecular weight excluding hydrogens is 311 g/mol. The molecule has 0 aliphatic carbocycles. The highest BCUT2D eigenvalue weighted by atomic mass is 19.3. The summed E-state index contributed by atoms with van der Waals surface area (Å²) in [6, 6.07) is 10.2. The summed E-state index contributed by atoms with van der Waals surface area (Å²) >= 11 is 0. The molecule has 2 aromatic carbocycles. The molecule has 0 radical (unpaired) electrons. The zero-order valence-electron chi connectivity index (χ0n) is 12.2. The summed E-state index contributed by atoms with van der Waals surface area (Å²) in [5, 5.41) is 3.76. The van der Waals surface area contributed by atoms with E-state index in [9.17, 15) is 13.2 Å². The first-order chi connectivity index (χ1) is 11.1. The topological polar surface area (TPSA) is 40.0 Å². The van der Waals surface area contributed by atoms with Crippen LogP contribution >= 0.6 is 0 Å². The van der Waals surface area contributed by atoms with Crippen LogP contribution < -0.4 is 9.47 Å². The Morgan fingerprint density at radius 2 is 1.83 bits per heavy atom. The van der Waals surface area contributed by atoms with Gasteiger partial charge in [-0.05, 0) is 35.9 Å². The van der Waals surface area contributed by atoms with Crippen molar-refractivity contribution in [2.75, 3.05) is 7.11 Å². The number of hydrogen-bond acceptors (Lipinski definition) is 4. The molecule has 4 nitrogen and oxygen atoms in total. The van der Waals surface area contributed by atoms with Crippen LogP contribution in [0.4, 0.5) is 13.2 Å². The van der Waals surface area contributed by atoms with Crippen LogP contribution in [0.15, 0.2) is 47.6 Å². The van der Waals surface area contributed by atoms with Gasteiger partial charge in [0.05, 0.1) is 13.3 Å². The van der Waals surface area contributed by atoms with Crippen molar-refractivity contribution >= 4 is 6.21 Å². The largest absolute Gasteiger partial charge is 0.493 e. The third-order valence-electron chi connectivity index (χ3n) is 2.82. The van der Waals surface area contributed by atoms with E-state index in [4.69, 9.17) is 9.57 Å². The van der Waals surface area contributed by atoms with Crippen molar-refractivity contribution in [2.24, 2.45) is 5.16 Å². The molecule has 2 rings (SSSR count). The normalized spacial score (nSPS) is 11.0. The smallest absolute Gasteiger partial charge is 0.387 e. The molecule has 7 heteroatoms. The second-order valence-corrected chi connectivity index (χ2v) is 4.42. The second kappa shape index (κ2) is 8.07. The van der Waals surface area contributed by atoms with E-state index in [0.29, 0.717) is 5.56 Å². The minimum absolute atomic E-state index is 0.0631. The molecule has 0 amide bonds. The molecule has 0 bridgehead atoms. The van der Waals surface area contributed by atoms with Gasteiger partial charge in [0.25, 0.3) is 0 Å². The fourth-order valence-electron chi connectivity index (χ4n) is 1.75. The van der Waals surface area contributed by atoms with Gasteiger partial charge in [-0.25, -0.2) is 4.39 Å². The Bertz CT molecular complexity index is 660. The molecule has 0 aliphatic rings. The van der Waals surface area contributed by atoms with Crippen LogP contribution in [-0.2, 0) is 11.4 Å². The molecule has 0 saturated heterocycles. The lowest BCUT2D eigenvalue weighted by Crippen LogP contribution is -2.03. The number of halogens is 3. The summed E-state index contributed by atoms with van der Waals surface area (Å²) in [6.45, 7) is -2.75. The molecule has 122 valence electrons. The number of nitrogens with zero attached hydrogens (tertiary/aromatic N) is 1. The first-order valence-electron chi connectivity index (χ1n) is 6.61. The third-order valence-corrected chi connectivity index (χ3v) is 2.82. The van der Waals surface area contributed by atoms with Gasteiger partial charge in [-0.3, -0.25) is 0 Å². The number of ether oxygens (including phenoxy) is 2. The summed E-state index contributed by atoms with van der Waals surface area (Å²) in [7, 11) is 1.35. The van der Waals surface area contributed by atoms with Crippen molar-refractivity contribution in [2.45, 2.75) is 13.2 Å². The lowest BCUT2D eigenvalue weighted by atomic mass is 10.2. The van der Waals surface area contributed by atoms with Gasteiger partial charge in [0.1, 0.15) is 12.4 Å². The zero-order chi connectivity index (χ0) is 16.7. The molecule has 23 heavy (non-hydrogen) atoms. The molecule has 0 unspecified atom stereocenters. The molecule has 0 heterocycles. The Kier molecular flexibility index (Phi) is 5.85. The van der Waals surface area contributed by atoms with E-state index in [1.54, 1.807) is 12.1 Å². The van der Waals surface area contributed by atoms with Crippen molar-refractivity contribution in [3.05, 3.63) is 59.4 Å². The summed E-state index contributed by atoms with van der Waals surface area (Å²) < 4.78 is 46.5. The SMILES string of the molecule is COc1cc(/C=N/OCc2ccc(F)cc2)ccc1OC(F)F. The summed E-state index contributed by atoms with van der Waals surface area (Å²) in [5.41, 5.74) is 1.35. The van der Waals surface area contributed by atoms with Crippen molar-refractivity contribution < 1.29 is 27.5 Å². The van der Waals surface area contributed by atoms with E-state index in [2.05, 4.69) is 9.89 Å². The first kappa shape index (κ1) is 16.7. The van der Waals surface area contributed by atoms with Gasteiger partial charge in [-0.15, -0.1) is 0 Å². The van der Waals surface area contributed by atoms with Crippen LogP contribution in [0, 0.1) is 5.82 Å². The highest BCUT2D eigenvalue weighted by Gasteiger charge is 2.10. The monoisotopic (exact) mass is 325 g/mol. The first-order valence-corrected chi connectivity index (χ1v) is 6.61.